The molecule has 0 aliphatic carbocycles. The van der Waals surface area contributed by atoms with Gasteiger partial charge < -0.3 is 15.8 Å². The average molecular weight is 776 g/mol. The molecule has 0 aromatic heterocycles. The Balaban J connectivity index is 1.50. The minimum absolute atomic E-state index is 0.0119. The normalized spacial score (nSPS) is 23.1. The van der Waals surface area contributed by atoms with Gasteiger partial charge in [-0.25, -0.2) is 0 Å². The van der Waals surface area contributed by atoms with Crippen LogP contribution in [0.25, 0.3) is 0 Å². The number of hydrogen-bond acceptors (Lipinski definition) is 8. The van der Waals surface area contributed by atoms with Crippen molar-refractivity contribution in [3.63, 3.8) is 0 Å². The molecule has 6 rings (SSSR count). The zero-order valence-electron chi connectivity index (χ0n) is 29.2. The second kappa shape index (κ2) is 16.3. The molecule has 2 atom stereocenters. The van der Waals surface area contributed by atoms with Crippen molar-refractivity contribution in [1.82, 2.24) is 25.8 Å². The molecule has 3 aromatic rings. The van der Waals surface area contributed by atoms with Crippen molar-refractivity contribution in [2.75, 3.05) is 39.3 Å². The molecule has 0 spiro atoms. The summed E-state index contributed by atoms with van der Waals surface area (Å²) in [6, 6.07) is 15.4. The summed E-state index contributed by atoms with van der Waals surface area (Å²) in [6.07, 6.45) is -2.75. The molecule has 3 saturated heterocycles. The Labute approximate surface area is 316 Å². The van der Waals surface area contributed by atoms with Crippen LogP contribution < -0.4 is 26.4 Å². The lowest BCUT2D eigenvalue weighted by Crippen LogP contribution is -2.64. The molecule has 15 heteroatoms. The number of carbonyl (C=O) groups excluding carboxylic acids is 3. The van der Waals surface area contributed by atoms with Crippen molar-refractivity contribution in [2.45, 2.75) is 62.6 Å². The number of rotatable bonds is 10. The number of carbonyl (C=O) groups is 3. The number of likely N-dealkylation sites (tertiary alicyclic amines) is 1. The highest BCUT2D eigenvalue weighted by molar-refractivity contribution is 6.30. The van der Waals surface area contributed by atoms with Crippen molar-refractivity contribution in [2.24, 2.45) is 11.7 Å². The fourth-order valence-corrected chi connectivity index (χ4v) is 7.87. The van der Waals surface area contributed by atoms with Gasteiger partial charge in [-0.1, -0.05) is 53.5 Å². The molecular weight excluding hydrogens is 732 g/mol. The topological polar surface area (TPSA) is 129 Å². The number of piperidine rings is 2. The van der Waals surface area contributed by atoms with Gasteiger partial charge in [0, 0.05) is 27.6 Å². The number of ether oxygens (including phenoxy) is 1. The van der Waals surface area contributed by atoms with Crippen LogP contribution in [0.1, 0.15) is 66.9 Å². The molecule has 3 heterocycles. The van der Waals surface area contributed by atoms with E-state index in [9.17, 15) is 22.8 Å². The third-order valence-corrected chi connectivity index (χ3v) is 10.9. The number of nitrogens with zero attached hydrogens (tertiary/aromatic N) is 2. The van der Waals surface area contributed by atoms with E-state index in [4.69, 9.17) is 33.7 Å². The highest BCUT2D eigenvalue weighted by Crippen LogP contribution is 2.46. The van der Waals surface area contributed by atoms with Crippen LogP contribution in [-0.4, -0.2) is 72.9 Å². The molecule has 284 valence electrons. The number of amides is 3. The smallest absolute Gasteiger partial charge is 0.416 e. The summed E-state index contributed by atoms with van der Waals surface area (Å²) >= 11 is 12.6. The first-order valence-corrected chi connectivity index (χ1v) is 18.6. The van der Waals surface area contributed by atoms with Gasteiger partial charge in [0.2, 0.25) is 11.8 Å². The van der Waals surface area contributed by atoms with Crippen LogP contribution in [0, 0.1) is 5.92 Å². The third-order valence-electron chi connectivity index (χ3n) is 10.4. The molecule has 3 fully saturated rings. The standard InChI is InChI=1S/C38H43Cl2F3N6O4/c1-2-53-31-21-26(38(41,42)43)7-12-30(31)37(46-33(23-3-8-27(39)9-4-23)34(47-37)24-5-10-28(40)11-6-24)36(52)49(29-13-17-45-18-14-29)32(50)22-48-19-15-25(16-20-48)35(44)51/h3-12,21,25,29,33-34,45-47H,2,13-20,22H2,1H3,(H2,44,51). The molecule has 0 saturated carbocycles. The summed E-state index contributed by atoms with van der Waals surface area (Å²) in [5, 5.41) is 11.3. The number of primary amides is 1. The van der Waals surface area contributed by atoms with Gasteiger partial charge in [0.25, 0.3) is 5.91 Å². The molecule has 0 radical (unpaired) electrons. The largest absolute Gasteiger partial charge is 0.493 e. The maximum atomic E-state index is 15.7. The Hall–Kier alpha value is -3.72. The van der Waals surface area contributed by atoms with Gasteiger partial charge in [0.15, 0.2) is 5.66 Å². The van der Waals surface area contributed by atoms with Crippen LogP contribution in [0.4, 0.5) is 13.2 Å². The first kappa shape index (κ1) is 39.0. The van der Waals surface area contributed by atoms with Crippen molar-refractivity contribution in [3.8, 4) is 5.75 Å². The van der Waals surface area contributed by atoms with Crippen molar-refractivity contribution < 1.29 is 32.3 Å². The molecule has 10 nitrogen and oxygen atoms in total. The summed E-state index contributed by atoms with van der Waals surface area (Å²) in [7, 11) is 0. The van der Waals surface area contributed by atoms with Crippen LogP contribution in [0.5, 0.6) is 5.75 Å². The summed E-state index contributed by atoms with van der Waals surface area (Å²) < 4.78 is 48.2. The predicted octanol–water partition coefficient (Wildman–Crippen LogP) is 5.54. The summed E-state index contributed by atoms with van der Waals surface area (Å²) in [5.41, 5.74) is 4.21. The zero-order chi connectivity index (χ0) is 37.9. The molecule has 3 aliphatic heterocycles. The van der Waals surface area contributed by atoms with E-state index in [1.165, 1.54) is 11.0 Å². The maximum Gasteiger partial charge on any atom is 0.416 e. The quantitative estimate of drug-likeness (QED) is 0.212. The van der Waals surface area contributed by atoms with E-state index in [1.807, 2.05) is 29.2 Å². The monoisotopic (exact) mass is 774 g/mol. The number of alkyl halides is 3. The van der Waals surface area contributed by atoms with Crippen molar-refractivity contribution in [3.05, 3.63) is 99.0 Å². The zero-order valence-corrected chi connectivity index (χ0v) is 30.7. The van der Waals surface area contributed by atoms with E-state index < -0.39 is 47.3 Å². The first-order chi connectivity index (χ1) is 25.3. The van der Waals surface area contributed by atoms with Gasteiger partial charge in [-0.15, -0.1) is 0 Å². The van der Waals surface area contributed by atoms with E-state index in [1.54, 1.807) is 31.2 Å². The lowest BCUT2D eigenvalue weighted by atomic mass is 9.93. The molecule has 3 amide bonds. The number of imide groups is 1. The second-order valence-electron chi connectivity index (χ2n) is 13.7. The molecule has 5 N–H and O–H groups in total. The summed E-state index contributed by atoms with van der Waals surface area (Å²) in [5.74, 6) is -1.95. The Morgan fingerprint density at radius 1 is 0.887 bits per heavy atom. The van der Waals surface area contributed by atoms with E-state index >= 15 is 4.79 Å². The fourth-order valence-electron chi connectivity index (χ4n) is 7.62. The van der Waals surface area contributed by atoms with Gasteiger partial charge in [0.1, 0.15) is 5.75 Å². The maximum absolute atomic E-state index is 15.7. The lowest BCUT2D eigenvalue weighted by molar-refractivity contribution is -0.154. The average Bonchev–Trinajstić information content (AvgIpc) is 3.54. The number of halogens is 5. The molecule has 53 heavy (non-hydrogen) atoms. The summed E-state index contributed by atoms with van der Waals surface area (Å²) in [6.45, 7) is 3.57. The second-order valence-corrected chi connectivity index (χ2v) is 14.6. The van der Waals surface area contributed by atoms with E-state index in [0.29, 0.717) is 61.9 Å². The van der Waals surface area contributed by atoms with Crippen molar-refractivity contribution in [1.29, 1.82) is 0 Å². The highest BCUT2D eigenvalue weighted by Gasteiger charge is 2.56. The molecule has 3 aliphatic rings. The Kier molecular flexibility index (Phi) is 12.0. The molecule has 2 unspecified atom stereocenters. The third kappa shape index (κ3) is 8.50. The van der Waals surface area contributed by atoms with Gasteiger partial charge >= 0.3 is 6.18 Å². The first-order valence-electron chi connectivity index (χ1n) is 17.8. The number of hydrogen-bond donors (Lipinski definition) is 4. The number of nitrogens with one attached hydrogen (secondary N) is 3. The van der Waals surface area contributed by atoms with E-state index in [2.05, 4.69) is 16.0 Å². The molecular formula is C38H43Cl2F3N6O4. The van der Waals surface area contributed by atoms with Gasteiger partial charge in [-0.05, 0) is 106 Å². The van der Waals surface area contributed by atoms with Gasteiger partial charge in [-0.3, -0.25) is 34.8 Å². The molecule has 3 aromatic carbocycles. The van der Waals surface area contributed by atoms with E-state index in [-0.39, 0.29) is 36.3 Å². The summed E-state index contributed by atoms with van der Waals surface area (Å²) in [4.78, 5) is 45.2. The van der Waals surface area contributed by atoms with Crippen molar-refractivity contribution >= 4 is 40.9 Å². The van der Waals surface area contributed by atoms with Gasteiger partial charge in [-0.2, -0.15) is 13.2 Å². The van der Waals surface area contributed by atoms with E-state index in [0.717, 1.165) is 23.3 Å². The number of benzene rings is 3. The lowest BCUT2D eigenvalue weighted by Gasteiger charge is -2.41. The van der Waals surface area contributed by atoms with Gasteiger partial charge in [0.05, 0.1) is 30.8 Å². The predicted molar refractivity (Wildman–Crippen MR) is 195 cm³/mol. The SMILES string of the molecule is CCOc1cc(C(F)(F)F)ccc1C1(C(=O)N(C(=O)CN2CCC(C(N)=O)CC2)C2CCNCC2)NC(c2ccc(Cl)cc2)C(c2ccc(Cl)cc2)N1. The Morgan fingerprint density at radius 3 is 1.92 bits per heavy atom. The van der Waals surface area contributed by atoms with Crippen LogP contribution >= 0.6 is 23.2 Å². The Bertz CT molecular complexity index is 1730. The highest BCUT2D eigenvalue weighted by atomic mass is 35.5. The minimum Gasteiger partial charge on any atom is -0.493 e. The fraction of sp³-hybridized carbons (Fsp3) is 0.447. The Morgan fingerprint density at radius 2 is 1.43 bits per heavy atom. The van der Waals surface area contributed by atoms with Crippen LogP contribution in [-0.2, 0) is 26.2 Å². The minimum atomic E-state index is -4.69. The number of nitrogens with two attached hydrogens (primary N) is 1. The van der Waals surface area contributed by atoms with Crippen LogP contribution in [0.2, 0.25) is 10.0 Å². The molecule has 0 bridgehead atoms. The van der Waals surface area contributed by atoms with Crippen LogP contribution in [0.3, 0.4) is 0 Å². The van der Waals surface area contributed by atoms with Crippen LogP contribution in [0.15, 0.2) is 66.7 Å².